The van der Waals surface area contributed by atoms with Gasteiger partial charge in [-0.15, -0.1) is 0 Å². The number of hydrogen-bond donors (Lipinski definition) is 1. The predicted octanol–water partition coefficient (Wildman–Crippen LogP) is 2.75. The summed E-state index contributed by atoms with van der Waals surface area (Å²) in [5.41, 5.74) is 1.47. The molecule has 1 heterocycles. The molecule has 0 fully saturated rings. The van der Waals surface area contributed by atoms with Gasteiger partial charge in [0.2, 0.25) is 0 Å². The molecule has 0 spiro atoms. The zero-order valence-electron chi connectivity index (χ0n) is 10.4. The molecule has 5 heteroatoms. The van der Waals surface area contributed by atoms with E-state index in [-0.39, 0.29) is 0 Å². The molecule has 1 aromatic carbocycles. The number of nitrogens with zero attached hydrogens (tertiary/aromatic N) is 1. The van der Waals surface area contributed by atoms with E-state index in [1.165, 1.54) is 0 Å². The standard InChI is InChI=1S/C13H16ClNO3/c1-15-7-3-4-8(13(16)17)11-9(14)5-6-10(18-2)12(11)15/h5-6,8H,3-4,7H2,1-2H3,(H,16,17). The van der Waals surface area contributed by atoms with E-state index < -0.39 is 11.9 Å². The molecule has 0 radical (unpaired) electrons. The third-order valence-corrected chi connectivity index (χ3v) is 3.69. The Kier molecular flexibility index (Phi) is 3.66. The van der Waals surface area contributed by atoms with E-state index in [1.54, 1.807) is 19.2 Å². The van der Waals surface area contributed by atoms with Crippen LogP contribution < -0.4 is 9.64 Å². The summed E-state index contributed by atoms with van der Waals surface area (Å²) in [5, 5.41) is 9.86. The molecule has 0 aromatic heterocycles. The fourth-order valence-corrected chi connectivity index (χ4v) is 2.77. The summed E-state index contributed by atoms with van der Waals surface area (Å²) in [4.78, 5) is 13.4. The maximum Gasteiger partial charge on any atom is 0.311 e. The van der Waals surface area contributed by atoms with Crippen LogP contribution in [0.15, 0.2) is 12.1 Å². The molecule has 98 valence electrons. The van der Waals surface area contributed by atoms with Gasteiger partial charge in [0, 0.05) is 24.2 Å². The van der Waals surface area contributed by atoms with Crippen molar-refractivity contribution in [2.45, 2.75) is 18.8 Å². The highest BCUT2D eigenvalue weighted by molar-refractivity contribution is 6.32. The third kappa shape index (κ3) is 2.12. The van der Waals surface area contributed by atoms with Crippen LogP contribution in [0.25, 0.3) is 0 Å². The fourth-order valence-electron chi connectivity index (χ4n) is 2.49. The molecule has 1 unspecified atom stereocenters. The summed E-state index contributed by atoms with van der Waals surface area (Å²) >= 11 is 6.20. The number of anilines is 1. The van der Waals surface area contributed by atoms with Crippen LogP contribution >= 0.6 is 11.6 Å². The zero-order valence-corrected chi connectivity index (χ0v) is 11.2. The number of halogens is 1. The Bertz CT molecular complexity index is 476. The first-order chi connectivity index (χ1) is 8.56. The molecule has 0 saturated heterocycles. The highest BCUT2D eigenvalue weighted by atomic mass is 35.5. The predicted molar refractivity (Wildman–Crippen MR) is 70.9 cm³/mol. The number of fused-ring (bicyclic) bond motifs is 1. The molecule has 2 rings (SSSR count). The van der Waals surface area contributed by atoms with Gasteiger partial charge in [-0.3, -0.25) is 4.79 Å². The Labute approximate surface area is 111 Å². The lowest BCUT2D eigenvalue weighted by Crippen LogP contribution is -2.19. The molecule has 1 N–H and O–H groups in total. The summed E-state index contributed by atoms with van der Waals surface area (Å²) in [6.45, 7) is 0.799. The minimum absolute atomic E-state index is 0.493. The smallest absolute Gasteiger partial charge is 0.311 e. The molecule has 1 atom stereocenters. The Balaban J connectivity index is 2.67. The van der Waals surface area contributed by atoms with Crippen molar-refractivity contribution < 1.29 is 14.6 Å². The molecule has 4 nitrogen and oxygen atoms in total. The van der Waals surface area contributed by atoms with Crippen molar-refractivity contribution >= 4 is 23.3 Å². The van der Waals surface area contributed by atoms with Gasteiger partial charge in [0.05, 0.1) is 18.7 Å². The first-order valence-electron chi connectivity index (χ1n) is 5.86. The van der Waals surface area contributed by atoms with E-state index in [0.717, 1.165) is 18.7 Å². The summed E-state index contributed by atoms with van der Waals surface area (Å²) in [7, 11) is 3.51. The number of aliphatic carboxylic acids is 1. The summed E-state index contributed by atoms with van der Waals surface area (Å²) in [5.74, 6) is -0.723. The molecular formula is C13H16ClNO3. The minimum Gasteiger partial charge on any atom is -0.495 e. The Morgan fingerprint density at radius 1 is 1.56 bits per heavy atom. The van der Waals surface area contributed by atoms with Crippen LogP contribution in [0.2, 0.25) is 5.02 Å². The summed E-state index contributed by atoms with van der Waals surface area (Å²) in [6.07, 6.45) is 1.42. The second-order valence-corrected chi connectivity index (χ2v) is 4.87. The quantitative estimate of drug-likeness (QED) is 0.897. The van der Waals surface area contributed by atoms with Gasteiger partial charge in [0.25, 0.3) is 0 Å². The second-order valence-electron chi connectivity index (χ2n) is 4.47. The van der Waals surface area contributed by atoms with Crippen LogP contribution in [0.5, 0.6) is 5.75 Å². The van der Waals surface area contributed by atoms with Crippen LogP contribution in [-0.4, -0.2) is 31.8 Å². The molecule has 0 saturated carbocycles. The van der Waals surface area contributed by atoms with Crippen molar-refractivity contribution in [3.63, 3.8) is 0 Å². The Hall–Kier alpha value is -1.42. The minimum atomic E-state index is -0.832. The van der Waals surface area contributed by atoms with Crippen LogP contribution in [0.4, 0.5) is 5.69 Å². The molecule has 0 aliphatic carbocycles. The molecule has 18 heavy (non-hydrogen) atoms. The normalized spacial score (nSPS) is 19.1. The number of methoxy groups -OCH3 is 1. The van der Waals surface area contributed by atoms with Crippen LogP contribution in [0.1, 0.15) is 24.3 Å². The van der Waals surface area contributed by atoms with Gasteiger partial charge >= 0.3 is 5.97 Å². The van der Waals surface area contributed by atoms with Gasteiger partial charge in [-0.25, -0.2) is 0 Å². The van der Waals surface area contributed by atoms with E-state index in [1.807, 2.05) is 11.9 Å². The first-order valence-corrected chi connectivity index (χ1v) is 6.24. The maximum absolute atomic E-state index is 11.4. The van der Waals surface area contributed by atoms with E-state index in [0.29, 0.717) is 22.8 Å². The highest BCUT2D eigenvalue weighted by Crippen LogP contribution is 2.44. The first kappa shape index (κ1) is 13.0. The molecule has 1 aliphatic heterocycles. The van der Waals surface area contributed by atoms with Gasteiger partial charge in [-0.05, 0) is 25.0 Å². The zero-order chi connectivity index (χ0) is 13.3. The van der Waals surface area contributed by atoms with Gasteiger partial charge in [-0.1, -0.05) is 11.6 Å². The lowest BCUT2D eigenvalue weighted by Gasteiger charge is -2.23. The number of carboxylic acid groups (broad SMARTS) is 1. The average molecular weight is 270 g/mol. The number of benzene rings is 1. The fraction of sp³-hybridized carbons (Fsp3) is 0.462. The highest BCUT2D eigenvalue weighted by Gasteiger charge is 2.31. The number of ether oxygens (including phenoxy) is 1. The number of rotatable bonds is 2. The molecule has 0 bridgehead atoms. The van der Waals surface area contributed by atoms with Crippen molar-refractivity contribution in [2.24, 2.45) is 0 Å². The van der Waals surface area contributed by atoms with Gasteiger partial charge < -0.3 is 14.7 Å². The largest absolute Gasteiger partial charge is 0.495 e. The van der Waals surface area contributed by atoms with Crippen LogP contribution in [-0.2, 0) is 4.79 Å². The number of carboxylic acids is 1. The van der Waals surface area contributed by atoms with E-state index >= 15 is 0 Å². The van der Waals surface area contributed by atoms with Gasteiger partial charge in [-0.2, -0.15) is 0 Å². The monoisotopic (exact) mass is 269 g/mol. The SMILES string of the molecule is COc1ccc(Cl)c2c1N(C)CCCC2C(=O)O. The number of carbonyl (C=O) groups is 1. The van der Waals surface area contributed by atoms with Gasteiger partial charge in [0.15, 0.2) is 0 Å². The van der Waals surface area contributed by atoms with Gasteiger partial charge in [0.1, 0.15) is 5.75 Å². The second kappa shape index (κ2) is 5.06. The molecule has 1 aromatic rings. The van der Waals surface area contributed by atoms with Crippen molar-refractivity contribution in [2.75, 3.05) is 25.6 Å². The average Bonchev–Trinajstić information content (AvgIpc) is 2.51. The van der Waals surface area contributed by atoms with Crippen LogP contribution in [0.3, 0.4) is 0 Å². The lowest BCUT2D eigenvalue weighted by molar-refractivity contribution is -0.138. The molecule has 0 amide bonds. The molecular weight excluding hydrogens is 254 g/mol. The van der Waals surface area contributed by atoms with Crippen molar-refractivity contribution in [1.29, 1.82) is 0 Å². The van der Waals surface area contributed by atoms with E-state index in [2.05, 4.69) is 0 Å². The van der Waals surface area contributed by atoms with Crippen molar-refractivity contribution in [1.82, 2.24) is 0 Å². The third-order valence-electron chi connectivity index (χ3n) is 3.36. The topological polar surface area (TPSA) is 49.8 Å². The summed E-state index contributed by atoms with van der Waals surface area (Å²) in [6, 6.07) is 3.48. The number of hydrogen-bond acceptors (Lipinski definition) is 3. The lowest BCUT2D eigenvalue weighted by atomic mass is 9.94. The summed E-state index contributed by atoms with van der Waals surface area (Å²) < 4.78 is 5.33. The molecule has 1 aliphatic rings. The van der Waals surface area contributed by atoms with Crippen molar-refractivity contribution in [3.8, 4) is 5.75 Å². The Morgan fingerprint density at radius 2 is 2.28 bits per heavy atom. The van der Waals surface area contributed by atoms with Crippen LogP contribution in [0, 0.1) is 0 Å². The maximum atomic E-state index is 11.4. The van der Waals surface area contributed by atoms with E-state index in [4.69, 9.17) is 16.3 Å². The van der Waals surface area contributed by atoms with Crippen molar-refractivity contribution in [3.05, 3.63) is 22.7 Å². The Morgan fingerprint density at radius 3 is 2.89 bits per heavy atom. The van der Waals surface area contributed by atoms with E-state index in [9.17, 15) is 9.90 Å².